The van der Waals surface area contributed by atoms with Crippen molar-refractivity contribution in [1.82, 2.24) is 5.32 Å². The molecule has 0 aromatic carbocycles. The zero-order valence-corrected chi connectivity index (χ0v) is 9.66. The van der Waals surface area contributed by atoms with Gasteiger partial charge in [-0.2, -0.15) is 0 Å². The highest BCUT2D eigenvalue weighted by molar-refractivity contribution is 6.06. The fraction of sp³-hybridized carbons (Fsp3) is 0.800. The third kappa shape index (κ3) is 2.22. The molecule has 5 heteroatoms. The van der Waals surface area contributed by atoms with E-state index in [2.05, 4.69) is 24.3 Å². The first-order chi connectivity index (χ1) is 6.71. The molecule has 0 aromatic heterocycles. The van der Waals surface area contributed by atoms with Crippen LogP contribution in [0.5, 0.6) is 0 Å². The fourth-order valence-electron chi connectivity index (χ4n) is 1.29. The van der Waals surface area contributed by atoms with Crippen LogP contribution in [-0.4, -0.2) is 23.0 Å². The Balaban J connectivity index is 2.62. The zero-order chi connectivity index (χ0) is 11.9. The minimum atomic E-state index is -0.965. The van der Waals surface area contributed by atoms with Crippen molar-refractivity contribution in [2.75, 3.05) is 0 Å². The van der Waals surface area contributed by atoms with Gasteiger partial charge in [-0.25, -0.2) is 0 Å². The molecule has 1 aliphatic carbocycles. The Bertz CT molecular complexity index is 308. The number of nitrogens with one attached hydrogen (secondary N) is 1. The van der Waals surface area contributed by atoms with E-state index in [9.17, 15) is 4.79 Å². The van der Waals surface area contributed by atoms with E-state index in [4.69, 9.17) is 10.9 Å². The number of nitrogens with zero attached hydrogens (tertiary/aromatic N) is 1. The first-order valence-electron chi connectivity index (χ1n) is 5.01. The topological polar surface area (TPSA) is 87.7 Å². The molecule has 1 rings (SSSR count). The molecule has 0 aliphatic heterocycles. The molecule has 1 saturated carbocycles. The lowest BCUT2D eigenvalue weighted by molar-refractivity contribution is -0.126. The number of oxime groups is 1. The standard InChI is InChI=1S/C10H19N3O2/c1-9(2)5-6(9)12-8(14)10(3,4)7(11)13-15/h6,15H,5H2,1-4H3,(H2,11,13)(H,12,14). The Morgan fingerprint density at radius 2 is 2.07 bits per heavy atom. The molecule has 0 radical (unpaired) electrons. The van der Waals surface area contributed by atoms with Crippen LogP contribution < -0.4 is 11.1 Å². The molecular formula is C10H19N3O2. The third-order valence-corrected chi connectivity index (χ3v) is 3.13. The summed E-state index contributed by atoms with van der Waals surface area (Å²) in [7, 11) is 0. The van der Waals surface area contributed by atoms with Gasteiger partial charge in [0, 0.05) is 6.04 Å². The molecule has 0 saturated heterocycles. The van der Waals surface area contributed by atoms with Crippen LogP contribution in [0.25, 0.3) is 0 Å². The maximum atomic E-state index is 11.8. The monoisotopic (exact) mass is 213 g/mol. The van der Waals surface area contributed by atoms with Gasteiger partial charge in [-0.3, -0.25) is 4.79 Å². The lowest BCUT2D eigenvalue weighted by atomic mass is 9.91. The van der Waals surface area contributed by atoms with Crippen LogP contribution >= 0.6 is 0 Å². The van der Waals surface area contributed by atoms with Gasteiger partial charge in [-0.15, -0.1) is 0 Å². The maximum Gasteiger partial charge on any atom is 0.233 e. The molecule has 1 amide bonds. The van der Waals surface area contributed by atoms with Gasteiger partial charge < -0.3 is 16.3 Å². The molecular weight excluding hydrogens is 194 g/mol. The van der Waals surface area contributed by atoms with Gasteiger partial charge in [0.2, 0.25) is 5.91 Å². The first kappa shape index (κ1) is 11.8. The first-order valence-corrected chi connectivity index (χ1v) is 5.01. The molecule has 15 heavy (non-hydrogen) atoms. The van der Waals surface area contributed by atoms with Crippen LogP contribution in [0.4, 0.5) is 0 Å². The average molecular weight is 213 g/mol. The Morgan fingerprint density at radius 3 is 2.40 bits per heavy atom. The second-order valence-corrected chi connectivity index (χ2v) is 5.33. The van der Waals surface area contributed by atoms with Crippen molar-refractivity contribution in [1.29, 1.82) is 0 Å². The molecule has 1 fully saturated rings. The van der Waals surface area contributed by atoms with Gasteiger partial charge in [0.05, 0.1) is 0 Å². The summed E-state index contributed by atoms with van der Waals surface area (Å²) in [6.07, 6.45) is 0.977. The van der Waals surface area contributed by atoms with E-state index in [1.165, 1.54) is 0 Å². The Morgan fingerprint density at radius 1 is 1.60 bits per heavy atom. The maximum absolute atomic E-state index is 11.8. The summed E-state index contributed by atoms with van der Waals surface area (Å²) in [6.45, 7) is 7.45. The van der Waals surface area contributed by atoms with E-state index in [0.717, 1.165) is 6.42 Å². The van der Waals surface area contributed by atoms with Gasteiger partial charge in [0.1, 0.15) is 5.41 Å². The number of carbonyl (C=O) groups is 1. The SMILES string of the molecule is CC(C)(C(=O)NC1CC1(C)C)C(N)=NO. The van der Waals surface area contributed by atoms with Crippen LogP contribution in [0.1, 0.15) is 34.1 Å². The zero-order valence-electron chi connectivity index (χ0n) is 9.66. The molecule has 0 spiro atoms. The van der Waals surface area contributed by atoms with Crippen molar-refractivity contribution in [3.05, 3.63) is 0 Å². The second kappa shape index (κ2) is 3.40. The molecule has 4 N–H and O–H groups in total. The smallest absolute Gasteiger partial charge is 0.233 e. The van der Waals surface area contributed by atoms with E-state index < -0.39 is 5.41 Å². The van der Waals surface area contributed by atoms with E-state index in [0.29, 0.717) is 0 Å². The molecule has 0 aromatic rings. The summed E-state index contributed by atoms with van der Waals surface area (Å²) in [5, 5.41) is 14.3. The number of hydrogen-bond donors (Lipinski definition) is 3. The third-order valence-electron chi connectivity index (χ3n) is 3.13. The summed E-state index contributed by atoms with van der Waals surface area (Å²) in [4.78, 5) is 11.8. The summed E-state index contributed by atoms with van der Waals surface area (Å²) < 4.78 is 0. The number of nitrogens with two attached hydrogens (primary N) is 1. The lowest BCUT2D eigenvalue weighted by Gasteiger charge is -2.22. The highest BCUT2D eigenvalue weighted by Crippen LogP contribution is 2.44. The molecule has 1 aliphatic rings. The Hall–Kier alpha value is -1.26. The summed E-state index contributed by atoms with van der Waals surface area (Å²) in [5.41, 5.74) is 4.67. The van der Waals surface area contributed by atoms with Gasteiger partial charge in [-0.1, -0.05) is 19.0 Å². The van der Waals surface area contributed by atoms with Gasteiger partial charge in [0.15, 0.2) is 5.84 Å². The Kier molecular flexibility index (Phi) is 2.67. The molecule has 86 valence electrons. The summed E-state index contributed by atoms with van der Waals surface area (Å²) in [5.74, 6) is -0.271. The molecule has 1 atom stereocenters. The minimum absolute atomic E-state index is 0.0709. The number of amides is 1. The van der Waals surface area contributed by atoms with Crippen molar-refractivity contribution >= 4 is 11.7 Å². The quantitative estimate of drug-likeness (QED) is 0.279. The number of amidine groups is 1. The number of rotatable bonds is 3. The molecule has 0 bridgehead atoms. The number of hydrogen-bond acceptors (Lipinski definition) is 3. The van der Waals surface area contributed by atoms with Crippen LogP contribution in [0.2, 0.25) is 0 Å². The van der Waals surface area contributed by atoms with Gasteiger partial charge in [0.25, 0.3) is 0 Å². The fourth-order valence-corrected chi connectivity index (χ4v) is 1.29. The molecule has 0 heterocycles. The summed E-state index contributed by atoms with van der Waals surface area (Å²) >= 11 is 0. The highest BCUT2D eigenvalue weighted by atomic mass is 16.4. The predicted octanol–water partition coefficient (Wildman–Crippen LogP) is 0.674. The van der Waals surface area contributed by atoms with Crippen LogP contribution in [0, 0.1) is 10.8 Å². The van der Waals surface area contributed by atoms with Crippen molar-refractivity contribution in [3.63, 3.8) is 0 Å². The van der Waals surface area contributed by atoms with Crippen molar-refractivity contribution in [2.24, 2.45) is 21.7 Å². The second-order valence-electron chi connectivity index (χ2n) is 5.33. The van der Waals surface area contributed by atoms with E-state index in [-0.39, 0.29) is 23.2 Å². The lowest BCUT2D eigenvalue weighted by Crippen LogP contribution is -2.47. The molecule has 1 unspecified atom stereocenters. The Labute approximate surface area is 89.7 Å². The van der Waals surface area contributed by atoms with E-state index >= 15 is 0 Å². The van der Waals surface area contributed by atoms with Crippen LogP contribution in [-0.2, 0) is 4.79 Å². The van der Waals surface area contributed by atoms with Crippen molar-refractivity contribution < 1.29 is 10.0 Å². The molecule has 5 nitrogen and oxygen atoms in total. The van der Waals surface area contributed by atoms with Crippen LogP contribution in [0.3, 0.4) is 0 Å². The van der Waals surface area contributed by atoms with Crippen molar-refractivity contribution in [3.8, 4) is 0 Å². The van der Waals surface area contributed by atoms with E-state index in [1.54, 1.807) is 13.8 Å². The minimum Gasteiger partial charge on any atom is -0.409 e. The normalized spacial score (nSPS) is 24.8. The predicted molar refractivity (Wildman–Crippen MR) is 57.5 cm³/mol. The van der Waals surface area contributed by atoms with E-state index in [1.807, 2.05) is 0 Å². The van der Waals surface area contributed by atoms with Gasteiger partial charge >= 0.3 is 0 Å². The highest BCUT2D eigenvalue weighted by Gasteiger charge is 2.48. The van der Waals surface area contributed by atoms with Crippen LogP contribution in [0.15, 0.2) is 5.16 Å². The van der Waals surface area contributed by atoms with Gasteiger partial charge in [-0.05, 0) is 25.7 Å². The van der Waals surface area contributed by atoms with Crippen molar-refractivity contribution in [2.45, 2.75) is 40.2 Å². The average Bonchev–Trinajstić information content (AvgIpc) is 2.72. The largest absolute Gasteiger partial charge is 0.409 e. The number of carbonyl (C=O) groups excluding carboxylic acids is 1. The summed E-state index contributed by atoms with van der Waals surface area (Å²) in [6, 6.07) is 0.204.